The second-order valence-corrected chi connectivity index (χ2v) is 11.5. The molecule has 0 aliphatic rings. The van der Waals surface area contributed by atoms with Crippen LogP contribution < -0.4 is 0 Å². The summed E-state index contributed by atoms with van der Waals surface area (Å²) >= 11 is 0. The molecule has 0 bridgehead atoms. The van der Waals surface area contributed by atoms with Gasteiger partial charge >= 0.3 is 0 Å². The molecule has 2 heterocycles. The lowest BCUT2D eigenvalue weighted by Crippen LogP contribution is -2.16. The fourth-order valence-corrected chi connectivity index (χ4v) is 2.93. The fraction of sp³-hybridized carbons (Fsp3) is 0.263. The number of benzene rings is 1. The van der Waals surface area contributed by atoms with Crippen LogP contribution in [0.1, 0.15) is 17.0 Å². The van der Waals surface area contributed by atoms with Gasteiger partial charge in [0, 0.05) is 27.7 Å². The van der Waals surface area contributed by atoms with Crippen LogP contribution in [0.5, 0.6) is 0 Å². The van der Waals surface area contributed by atoms with Crippen LogP contribution in [-0.4, -0.2) is 18.0 Å². The molecule has 110 valence electrons. The number of hydrogen-bond donors (Lipinski definition) is 0. The van der Waals surface area contributed by atoms with Crippen molar-refractivity contribution < 1.29 is 0 Å². The number of aromatic nitrogens is 2. The number of hydrogen-bond acceptors (Lipinski definition) is 2. The molecule has 22 heavy (non-hydrogen) atoms. The van der Waals surface area contributed by atoms with Gasteiger partial charge in [-0.05, 0) is 38.1 Å². The van der Waals surface area contributed by atoms with E-state index >= 15 is 0 Å². The number of aryl methyl sites for hydroxylation is 2. The highest BCUT2D eigenvalue weighted by atomic mass is 28.3. The van der Waals surface area contributed by atoms with Gasteiger partial charge in [-0.15, -0.1) is 5.54 Å². The molecule has 0 spiro atoms. The summed E-state index contributed by atoms with van der Waals surface area (Å²) in [4.78, 5) is 9.42. The largest absolute Gasteiger partial charge is 0.251 e. The first-order valence-corrected chi connectivity index (χ1v) is 11.0. The molecule has 0 fully saturated rings. The van der Waals surface area contributed by atoms with E-state index in [0.29, 0.717) is 0 Å². The van der Waals surface area contributed by atoms with Crippen molar-refractivity contribution in [3.8, 4) is 11.5 Å². The van der Waals surface area contributed by atoms with Crippen LogP contribution in [0, 0.1) is 25.3 Å². The summed E-state index contributed by atoms with van der Waals surface area (Å²) in [5, 5.41) is 2.21. The van der Waals surface area contributed by atoms with Crippen molar-refractivity contribution in [2.75, 3.05) is 0 Å². The van der Waals surface area contributed by atoms with Gasteiger partial charge in [-0.25, -0.2) is 0 Å². The average molecular weight is 304 g/mol. The third-order valence-corrected chi connectivity index (χ3v) is 4.36. The Hall–Kier alpha value is -2.18. The molecule has 0 saturated heterocycles. The molecule has 3 rings (SSSR count). The normalized spacial score (nSPS) is 11.5. The van der Waals surface area contributed by atoms with Crippen molar-refractivity contribution in [2.24, 2.45) is 0 Å². The fourth-order valence-electron chi connectivity index (χ4n) is 2.42. The van der Waals surface area contributed by atoms with Gasteiger partial charge in [0.1, 0.15) is 8.07 Å². The summed E-state index contributed by atoms with van der Waals surface area (Å²) in [6.45, 7) is 10.8. The number of pyridine rings is 2. The number of rotatable bonds is 0. The van der Waals surface area contributed by atoms with E-state index in [1.54, 1.807) is 0 Å². The maximum atomic E-state index is 4.73. The van der Waals surface area contributed by atoms with Gasteiger partial charge in [0.15, 0.2) is 0 Å². The summed E-state index contributed by atoms with van der Waals surface area (Å²) in [7, 11) is -1.41. The molecule has 3 aromatic rings. The number of nitrogens with zero attached hydrogens (tertiary/aromatic N) is 2. The van der Waals surface area contributed by atoms with Crippen LogP contribution in [0.25, 0.3) is 21.8 Å². The van der Waals surface area contributed by atoms with Gasteiger partial charge in [-0.1, -0.05) is 31.6 Å². The smallest absolute Gasteiger partial charge is 0.129 e. The Morgan fingerprint density at radius 1 is 0.864 bits per heavy atom. The number of fused-ring (bicyclic) bond motifs is 3. The second-order valence-electron chi connectivity index (χ2n) is 6.80. The van der Waals surface area contributed by atoms with E-state index in [1.165, 1.54) is 0 Å². The zero-order valence-electron chi connectivity index (χ0n) is 13.8. The van der Waals surface area contributed by atoms with Crippen LogP contribution in [-0.2, 0) is 0 Å². The first-order chi connectivity index (χ1) is 10.3. The summed E-state index contributed by atoms with van der Waals surface area (Å²) in [5.74, 6) is 3.40. The van der Waals surface area contributed by atoms with Crippen LogP contribution in [0.15, 0.2) is 30.3 Å². The SMILES string of the molecule is Cc1ccc2cc(C#C[Si](C)(C)C)c3ccc(C)nc3c2n1. The average Bonchev–Trinajstić information content (AvgIpc) is 2.44. The van der Waals surface area contributed by atoms with E-state index in [2.05, 4.69) is 49.3 Å². The summed E-state index contributed by atoms with van der Waals surface area (Å²) in [6.07, 6.45) is 0. The topological polar surface area (TPSA) is 25.8 Å². The third kappa shape index (κ3) is 2.88. The molecule has 0 unspecified atom stereocenters. The van der Waals surface area contributed by atoms with Crippen molar-refractivity contribution >= 4 is 29.9 Å². The van der Waals surface area contributed by atoms with E-state index in [1.807, 2.05) is 26.0 Å². The lowest BCUT2D eigenvalue weighted by atomic mass is 10.0. The highest BCUT2D eigenvalue weighted by Crippen LogP contribution is 2.26. The van der Waals surface area contributed by atoms with Crippen LogP contribution >= 0.6 is 0 Å². The molecule has 1 aromatic carbocycles. The minimum atomic E-state index is -1.41. The Morgan fingerprint density at radius 3 is 2.18 bits per heavy atom. The predicted octanol–water partition coefficient (Wildman–Crippen LogP) is 4.63. The lowest BCUT2D eigenvalue weighted by Gasteiger charge is -2.08. The molecule has 0 saturated carbocycles. The van der Waals surface area contributed by atoms with Crippen molar-refractivity contribution in [3.63, 3.8) is 0 Å². The van der Waals surface area contributed by atoms with E-state index in [-0.39, 0.29) is 0 Å². The quantitative estimate of drug-likeness (QED) is 0.344. The Balaban J connectivity index is 2.41. The summed E-state index contributed by atoms with van der Waals surface area (Å²) < 4.78 is 0. The molecule has 0 aliphatic carbocycles. The Morgan fingerprint density at radius 2 is 1.50 bits per heavy atom. The Bertz CT molecular complexity index is 941. The van der Waals surface area contributed by atoms with Crippen molar-refractivity contribution in [1.29, 1.82) is 0 Å². The van der Waals surface area contributed by atoms with E-state index in [9.17, 15) is 0 Å². The highest BCUT2D eigenvalue weighted by molar-refractivity contribution is 6.83. The molecular weight excluding hydrogens is 284 g/mol. The lowest BCUT2D eigenvalue weighted by molar-refractivity contribution is 1.23. The van der Waals surface area contributed by atoms with Crippen LogP contribution in [0.3, 0.4) is 0 Å². The zero-order valence-corrected chi connectivity index (χ0v) is 14.8. The van der Waals surface area contributed by atoms with Gasteiger partial charge < -0.3 is 0 Å². The van der Waals surface area contributed by atoms with Crippen molar-refractivity contribution in [1.82, 2.24) is 9.97 Å². The summed E-state index contributed by atoms with van der Waals surface area (Å²) in [6, 6.07) is 10.5. The Kier molecular flexibility index (Phi) is 3.50. The van der Waals surface area contributed by atoms with E-state index < -0.39 is 8.07 Å². The molecule has 0 aliphatic heterocycles. The van der Waals surface area contributed by atoms with Crippen molar-refractivity contribution in [2.45, 2.75) is 33.5 Å². The second kappa shape index (κ2) is 5.22. The minimum absolute atomic E-state index is 0.959. The first kappa shape index (κ1) is 14.7. The van der Waals surface area contributed by atoms with Gasteiger partial charge in [0.25, 0.3) is 0 Å². The van der Waals surface area contributed by atoms with Gasteiger partial charge in [-0.2, -0.15) is 0 Å². The first-order valence-electron chi connectivity index (χ1n) is 7.54. The van der Waals surface area contributed by atoms with Crippen LogP contribution in [0.4, 0.5) is 0 Å². The molecule has 3 heteroatoms. The monoisotopic (exact) mass is 304 g/mol. The van der Waals surface area contributed by atoms with Crippen LogP contribution in [0.2, 0.25) is 19.6 Å². The van der Waals surface area contributed by atoms with Crippen molar-refractivity contribution in [3.05, 3.63) is 47.3 Å². The van der Waals surface area contributed by atoms with E-state index in [0.717, 1.165) is 38.8 Å². The molecule has 2 nitrogen and oxygen atoms in total. The molecular formula is C19H20N2Si. The molecule has 0 radical (unpaired) electrons. The van der Waals surface area contributed by atoms with E-state index in [4.69, 9.17) is 9.97 Å². The zero-order chi connectivity index (χ0) is 15.9. The minimum Gasteiger partial charge on any atom is -0.251 e. The van der Waals surface area contributed by atoms with Gasteiger partial charge in [0.2, 0.25) is 0 Å². The maximum Gasteiger partial charge on any atom is 0.129 e. The molecule has 2 aromatic heterocycles. The highest BCUT2D eigenvalue weighted by Gasteiger charge is 2.11. The molecule has 0 amide bonds. The van der Waals surface area contributed by atoms with Gasteiger partial charge in [0.05, 0.1) is 11.0 Å². The maximum absolute atomic E-state index is 4.73. The summed E-state index contributed by atoms with van der Waals surface area (Å²) in [5.41, 5.74) is 8.47. The third-order valence-electron chi connectivity index (χ3n) is 3.49. The Labute approximate surface area is 132 Å². The predicted molar refractivity (Wildman–Crippen MR) is 96.7 cm³/mol. The molecule has 0 N–H and O–H groups in total. The standard InChI is InChI=1S/C19H20N2Si/c1-13-6-8-16-12-15(10-11-22(3,4)5)17-9-7-14(2)21-19(17)18(16)20-13/h6-9,12H,1-5H3. The molecule has 0 atom stereocenters. The van der Waals surface area contributed by atoms with Gasteiger partial charge in [-0.3, -0.25) is 9.97 Å².